The van der Waals surface area contributed by atoms with Crippen LogP contribution in [-0.2, 0) is 0 Å². The first-order valence-corrected chi connectivity index (χ1v) is 5.86. The number of aromatic carboxylic acids is 1. The van der Waals surface area contributed by atoms with Crippen LogP contribution in [0, 0.1) is 13.8 Å². The molecule has 0 saturated heterocycles. The van der Waals surface area contributed by atoms with Crippen molar-refractivity contribution < 1.29 is 9.90 Å². The summed E-state index contributed by atoms with van der Waals surface area (Å²) in [6.07, 6.45) is 6.84. The van der Waals surface area contributed by atoms with Gasteiger partial charge in [-0.25, -0.2) is 14.8 Å². The molecule has 0 amide bonds. The van der Waals surface area contributed by atoms with E-state index in [1.54, 1.807) is 25.3 Å². The fourth-order valence-corrected chi connectivity index (χ4v) is 1.85. The first-order valence-electron chi connectivity index (χ1n) is 5.86. The second kappa shape index (κ2) is 5.44. The number of aryl methyl sites for hydroxylation is 2. The average Bonchev–Trinajstić information content (AvgIpc) is 2.38. The van der Waals surface area contributed by atoms with Crippen molar-refractivity contribution in [3.8, 4) is 0 Å². The maximum absolute atomic E-state index is 11.1. The number of carboxylic acid groups (broad SMARTS) is 1. The average molecular weight is 254 g/mol. The van der Waals surface area contributed by atoms with Crippen LogP contribution in [0.25, 0.3) is 12.2 Å². The molecule has 1 N–H and O–H groups in total. The number of carboxylic acids is 1. The van der Waals surface area contributed by atoms with E-state index in [0.29, 0.717) is 5.56 Å². The molecule has 2 aromatic rings. The molecule has 0 unspecified atom stereocenters. The van der Waals surface area contributed by atoms with E-state index < -0.39 is 5.97 Å². The minimum Gasteiger partial charge on any atom is -0.478 e. The Kier molecular flexibility index (Phi) is 3.71. The molecule has 0 radical (unpaired) electrons. The number of rotatable bonds is 3. The monoisotopic (exact) mass is 254 g/mol. The molecule has 0 spiro atoms. The summed E-state index contributed by atoms with van der Waals surface area (Å²) in [5.41, 5.74) is 3.79. The van der Waals surface area contributed by atoms with Gasteiger partial charge in [0, 0.05) is 6.20 Å². The molecule has 0 fully saturated rings. The summed E-state index contributed by atoms with van der Waals surface area (Å²) >= 11 is 0. The Morgan fingerprint density at radius 3 is 2.63 bits per heavy atom. The first-order chi connectivity index (χ1) is 9.08. The molecular weight excluding hydrogens is 240 g/mol. The third kappa shape index (κ3) is 3.04. The summed E-state index contributed by atoms with van der Waals surface area (Å²) in [6.45, 7) is 3.76. The van der Waals surface area contributed by atoms with Gasteiger partial charge in [-0.05, 0) is 48.7 Å². The zero-order valence-corrected chi connectivity index (χ0v) is 10.8. The van der Waals surface area contributed by atoms with Gasteiger partial charge in [0.2, 0.25) is 0 Å². The Morgan fingerprint density at radius 1 is 1.21 bits per heavy atom. The van der Waals surface area contributed by atoms with Gasteiger partial charge in [-0.3, -0.25) is 0 Å². The molecule has 0 aliphatic heterocycles. The largest absolute Gasteiger partial charge is 0.478 e. The maximum atomic E-state index is 11.1. The number of hydrogen-bond donors (Lipinski definition) is 1. The van der Waals surface area contributed by atoms with Gasteiger partial charge in [0.1, 0.15) is 6.33 Å². The number of aromatic nitrogens is 2. The molecule has 0 aliphatic rings. The van der Waals surface area contributed by atoms with Crippen LogP contribution in [0.3, 0.4) is 0 Å². The first kappa shape index (κ1) is 13.0. The number of hydrogen-bond acceptors (Lipinski definition) is 3. The van der Waals surface area contributed by atoms with Gasteiger partial charge in [-0.1, -0.05) is 12.1 Å². The highest BCUT2D eigenvalue weighted by atomic mass is 16.4. The van der Waals surface area contributed by atoms with Crippen molar-refractivity contribution in [3.05, 3.63) is 58.7 Å². The van der Waals surface area contributed by atoms with E-state index >= 15 is 0 Å². The van der Waals surface area contributed by atoms with Crippen molar-refractivity contribution in [3.63, 3.8) is 0 Å². The standard InChI is InChI=1S/C15H14N2O2/c1-10-7-11(2)14(15(18)19)8-12(10)3-4-13-5-6-16-9-17-13/h3-9H,1-2H3,(H,18,19). The van der Waals surface area contributed by atoms with Crippen molar-refractivity contribution in [2.75, 3.05) is 0 Å². The number of nitrogens with zero attached hydrogens (tertiary/aromatic N) is 2. The molecule has 1 aromatic heterocycles. The lowest BCUT2D eigenvalue weighted by Gasteiger charge is -2.06. The van der Waals surface area contributed by atoms with E-state index in [0.717, 1.165) is 22.4 Å². The SMILES string of the molecule is Cc1cc(C)c(C(=O)O)cc1C=Cc1ccncn1. The molecular formula is C15H14N2O2. The lowest BCUT2D eigenvalue weighted by molar-refractivity contribution is 0.0696. The van der Waals surface area contributed by atoms with Crippen LogP contribution in [-0.4, -0.2) is 21.0 Å². The highest BCUT2D eigenvalue weighted by molar-refractivity contribution is 5.90. The summed E-state index contributed by atoms with van der Waals surface area (Å²) in [7, 11) is 0. The van der Waals surface area contributed by atoms with E-state index in [4.69, 9.17) is 5.11 Å². The summed E-state index contributed by atoms with van der Waals surface area (Å²) in [6, 6.07) is 5.35. The molecule has 4 heteroatoms. The van der Waals surface area contributed by atoms with Crippen LogP contribution in [0.15, 0.2) is 30.7 Å². The second-order valence-corrected chi connectivity index (χ2v) is 4.30. The molecule has 96 valence electrons. The van der Waals surface area contributed by atoms with Crippen LogP contribution in [0.4, 0.5) is 0 Å². The Morgan fingerprint density at radius 2 is 2.00 bits per heavy atom. The van der Waals surface area contributed by atoms with E-state index in [-0.39, 0.29) is 0 Å². The zero-order chi connectivity index (χ0) is 13.8. The van der Waals surface area contributed by atoms with E-state index in [1.807, 2.05) is 25.1 Å². The minimum atomic E-state index is -0.908. The van der Waals surface area contributed by atoms with Crippen LogP contribution < -0.4 is 0 Å². The summed E-state index contributed by atoms with van der Waals surface area (Å²) in [4.78, 5) is 19.0. The third-order valence-corrected chi connectivity index (χ3v) is 2.88. The fraction of sp³-hybridized carbons (Fsp3) is 0.133. The van der Waals surface area contributed by atoms with Gasteiger partial charge in [-0.2, -0.15) is 0 Å². The number of carbonyl (C=O) groups is 1. The van der Waals surface area contributed by atoms with Crippen LogP contribution in [0.5, 0.6) is 0 Å². The molecule has 0 saturated carbocycles. The van der Waals surface area contributed by atoms with Crippen molar-refractivity contribution in [2.24, 2.45) is 0 Å². The maximum Gasteiger partial charge on any atom is 0.335 e. The number of benzene rings is 1. The highest BCUT2D eigenvalue weighted by Crippen LogP contribution is 2.18. The Balaban J connectivity index is 2.38. The van der Waals surface area contributed by atoms with Gasteiger partial charge in [0.25, 0.3) is 0 Å². The summed E-state index contributed by atoms with van der Waals surface area (Å²) in [5.74, 6) is -0.908. The Hall–Kier alpha value is -2.49. The summed E-state index contributed by atoms with van der Waals surface area (Å²) in [5, 5.41) is 9.12. The molecule has 0 bridgehead atoms. The third-order valence-electron chi connectivity index (χ3n) is 2.88. The minimum absolute atomic E-state index is 0.327. The van der Waals surface area contributed by atoms with Gasteiger partial charge in [-0.15, -0.1) is 0 Å². The predicted octanol–water partition coefficient (Wildman–Crippen LogP) is 2.96. The van der Waals surface area contributed by atoms with Crippen LogP contribution in [0.1, 0.15) is 32.7 Å². The lowest BCUT2D eigenvalue weighted by Crippen LogP contribution is -2.01. The van der Waals surface area contributed by atoms with Crippen molar-refractivity contribution >= 4 is 18.1 Å². The quantitative estimate of drug-likeness (QED) is 0.914. The molecule has 0 atom stereocenters. The van der Waals surface area contributed by atoms with Crippen molar-refractivity contribution in [1.82, 2.24) is 9.97 Å². The molecule has 4 nitrogen and oxygen atoms in total. The van der Waals surface area contributed by atoms with Gasteiger partial charge in [0.05, 0.1) is 11.3 Å². The van der Waals surface area contributed by atoms with Crippen molar-refractivity contribution in [2.45, 2.75) is 13.8 Å². The lowest BCUT2D eigenvalue weighted by atomic mass is 9.99. The normalized spacial score (nSPS) is 10.8. The van der Waals surface area contributed by atoms with E-state index in [2.05, 4.69) is 9.97 Å². The highest BCUT2D eigenvalue weighted by Gasteiger charge is 2.08. The van der Waals surface area contributed by atoms with Gasteiger partial charge < -0.3 is 5.11 Å². The zero-order valence-electron chi connectivity index (χ0n) is 10.8. The summed E-state index contributed by atoms with van der Waals surface area (Å²) < 4.78 is 0. The Bertz CT molecular complexity index is 634. The smallest absolute Gasteiger partial charge is 0.335 e. The van der Waals surface area contributed by atoms with Crippen LogP contribution in [0.2, 0.25) is 0 Å². The molecule has 19 heavy (non-hydrogen) atoms. The second-order valence-electron chi connectivity index (χ2n) is 4.30. The van der Waals surface area contributed by atoms with Gasteiger partial charge in [0.15, 0.2) is 0 Å². The van der Waals surface area contributed by atoms with E-state index in [1.165, 1.54) is 6.33 Å². The molecule has 1 aromatic carbocycles. The fourth-order valence-electron chi connectivity index (χ4n) is 1.85. The van der Waals surface area contributed by atoms with Gasteiger partial charge >= 0.3 is 5.97 Å². The molecule has 2 rings (SSSR count). The molecule has 0 aliphatic carbocycles. The molecule has 1 heterocycles. The van der Waals surface area contributed by atoms with Crippen LogP contribution >= 0.6 is 0 Å². The predicted molar refractivity (Wildman–Crippen MR) is 73.8 cm³/mol. The topological polar surface area (TPSA) is 63.1 Å². The van der Waals surface area contributed by atoms with E-state index in [9.17, 15) is 4.79 Å². The van der Waals surface area contributed by atoms with Crippen molar-refractivity contribution in [1.29, 1.82) is 0 Å². The Labute approximate surface area is 111 Å².